The van der Waals surface area contributed by atoms with Gasteiger partial charge in [-0.25, -0.2) is 14.4 Å². The standard InChI is InChI=1S/C19H15ClFN5O5/c1-11(18(27)25-24-17-16(26(28)29)3-2-8-22-17)30-13-4-6-14(7-5-13)31-19-15(21)9-12(20)10-23-19/h2-11H,1H3,(H,22,24)(H,25,27)/t11-/m1/s1. The molecule has 31 heavy (non-hydrogen) atoms. The SMILES string of the molecule is C[C@@H](Oc1ccc(Oc2ncc(Cl)cc2F)cc1)C(=O)NNc1ncccc1[N+](=O)[O-]. The van der Waals surface area contributed by atoms with Gasteiger partial charge in [-0.05, 0) is 43.3 Å². The lowest BCUT2D eigenvalue weighted by molar-refractivity contribution is -0.384. The van der Waals surface area contributed by atoms with Crippen LogP contribution in [-0.4, -0.2) is 26.9 Å². The molecule has 0 aliphatic carbocycles. The van der Waals surface area contributed by atoms with E-state index in [1.807, 2.05) is 0 Å². The number of carbonyl (C=O) groups is 1. The molecule has 0 unspecified atom stereocenters. The normalized spacial score (nSPS) is 11.3. The first-order valence-corrected chi connectivity index (χ1v) is 9.12. The lowest BCUT2D eigenvalue weighted by Crippen LogP contribution is -2.39. The number of amides is 1. The van der Waals surface area contributed by atoms with E-state index in [-0.39, 0.29) is 22.4 Å². The zero-order chi connectivity index (χ0) is 22.4. The van der Waals surface area contributed by atoms with E-state index in [0.29, 0.717) is 11.5 Å². The third kappa shape index (κ3) is 5.76. The Balaban J connectivity index is 1.56. The van der Waals surface area contributed by atoms with E-state index < -0.39 is 22.8 Å². The Bertz CT molecular complexity index is 1100. The van der Waals surface area contributed by atoms with Crippen molar-refractivity contribution in [2.24, 2.45) is 0 Å². The molecule has 1 amide bonds. The number of hydrazine groups is 1. The molecule has 0 saturated carbocycles. The van der Waals surface area contributed by atoms with Crippen molar-refractivity contribution < 1.29 is 23.6 Å². The van der Waals surface area contributed by atoms with Crippen LogP contribution in [0.5, 0.6) is 17.4 Å². The van der Waals surface area contributed by atoms with Crippen molar-refractivity contribution in [2.45, 2.75) is 13.0 Å². The van der Waals surface area contributed by atoms with Gasteiger partial charge in [0.2, 0.25) is 5.82 Å². The molecule has 0 fully saturated rings. The molecule has 1 atom stereocenters. The van der Waals surface area contributed by atoms with Gasteiger partial charge in [-0.2, -0.15) is 0 Å². The van der Waals surface area contributed by atoms with E-state index in [1.165, 1.54) is 55.7 Å². The minimum Gasteiger partial charge on any atom is -0.481 e. The second-order valence-electron chi connectivity index (χ2n) is 6.02. The zero-order valence-corrected chi connectivity index (χ0v) is 16.7. The molecule has 3 rings (SSSR count). The topological polar surface area (TPSA) is 129 Å². The number of anilines is 1. The van der Waals surface area contributed by atoms with Crippen LogP contribution in [0.4, 0.5) is 15.9 Å². The Hall–Kier alpha value is -3.99. The third-order valence-electron chi connectivity index (χ3n) is 3.78. The minimum atomic E-state index is -0.947. The van der Waals surface area contributed by atoms with Gasteiger partial charge in [0, 0.05) is 18.5 Å². The van der Waals surface area contributed by atoms with E-state index in [1.54, 1.807) is 0 Å². The molecule has 2 aromatic heterocycles. The predicted octanol–water partition coefficient (Wildman–Crippen LogP) is 3.88. The highest BCUT2D eigenvalue weighted by molar-refractivity contribution is 6.30. The number of carbonyl (C=O) groups excluding carboxylic acids is 1. The van der Waals surface area contributed by atoms with Crippen LogP contribution in [0.15, 0.2) is 54.9 Å². The Morgan fingerprint density at radius 2 is 1.94 bits per heavy atom. The average molecular weight is 448 g/mol. The second-order valence-corrected chi connectivity index (χ2v) is 6.45. The third-order valence-corrected chi connectivity index (χ3v) is 3.99. The summed E-state index contributed by atoms with van der Waals surface area (Å²) in [6, 6.07) is 9.78. The number of hydrogen-bond donors (Lipinski definition) is 2. The molecule has 2 N–H and O–H groups in total. The van der Waals surface area contributed by atoms with Gasteiger partial charge in [0.25, 0.3) is 11.8 Å². The number of ether oxygens (including phenoxy) is 2. The first kappa shape index (κ1) is 21.7. The molecule has 3 aromatic rings. The minimum absolute atomic E-state index is 0.113. The molecule has 0 aliphatic heterocycles. The van der Waals surface area contributed by atoms with Gasteiger partial charge in [-0.15, -0.1) is 0 Å². The summed E-state index contributed by atoms with van der Waals surface area (Å²) in [6.07, 6.45) is 1.65. The van der Waals surface area contributed by atoms with Gasteiger partial charge in [0.05, 0.1) is 9.95 Å². The highest BCUT2D eigenvalue weighted by Crippen LogP contribution is 2.26. The summed E-state index contributed by atoms with van der Waals surface area (Å²) >= 11 is 5.65. The fraction of sp³-hybridized carbons (Fsp3) is 0.105. The van der Waals surface area contributed by atoms with Crippen LogP contribution in [0.3, 0.4) is 0 Å². The maximum Gasteiger partial charge on any atom is 0.313 e. The van der Waals surface area contributed by atoms with Crippen LogP contribution in [0.1, 0.15) is 6.92 Å². The summed E-state index contributed by atoms with van der Waals surface area (Å²) in [7, 11) is 0. The lowest BCUT2D eigenvalue weighted by Gasteiger charge is -2.15. The monoisotopic (exact) mass is 447 g/mol. The largest absolute Gasteiger partial charge is 0.481 e. The Labute approximate surface area is 180 Å². The number of pyridine rings is 2. The summed E-state index contributed by atoms with van der Waals surface area (Å²) in [5.41, 5.74) is 4.41. The van der Waals surface area contributed by atoms with Crippen molar-refractivity contribution in [1.82, 2.24) is 15.4 Å². The fourth-order valence-electron chi connectivity index (χ4n) is 2.30. The Kier molecular flexibility index (Phi) is 6.78. The molecular weight excluding hydrogens is 433 g/mol. The van der Waals surface area contributed by atoms with Crippen molar-refractivity contribution in [3.63, 3.8) is 0 Å². The molecule has 1 aromatic carbocycles. The smallest absolute Gasteiger partial charge is 0.313 e. The average Bonchev–Trinajstić information content (AvgIpc) is 2.75. The number of nitrogens with zero attached hydrogens (tertiary/aromatic N) is 3. The molecule has 0 saturated heterocycles. The van der Waals surface area contributed by atoms with Gasteiger partial charge in [-0.1, -0.05) is 11.6 Å². The maximum atomic E-state index is 13.8. The quantitative estimate of drug-likeness (QED) is 0.393. The highest BCUT2D eigenvalue weighted by atomic mass is 35.5. The number of nitrogens with one attached hydrogen (secondary N) is 2. The molecule has 0 bridgehead atoms. The first-order chi connectivity index (χ1) is 14.8. The highest BCUT2D eigenvalue weighted by Gasteiger charge is 2.18. The van der Waals surface area contributed by atoms with E-state index in [0.717, 1.165) is 6.07 Å². The van der Waals surface area contributed by atoms with Gasteiger partial charge in [0.15, 0.2) is 11.9 Å². The summed E-state index contributed by atoms with van der Waals surface area (Å²) < 4.78 is 24.6. The van der Waals surface area contributed by atoms with Crippen molar-refractivity contribution in [3.05, 3.63) is 75.8 Å². The number of hydrogen-bond acceptors (Lipinski definition) is 8. The first-order valence-electron chi connectivity index (χ1n) is 8.74. The number of nitro groups is 1. The lowest BCUT2D eigenvalue weighted by atomic mass is 10.3. The molecule has 10 nitrogen and oxygen atoms in total. The predicted molar refractivity (Wildman–Crippen MR) is 108 cm³/mol. The van der Waals surface area contributed by atoms with E-state index in [4.69, 9.17) is 21.1 Å². The van der Waals surface area contributed by atoms with Crippen LogP contribution in [-0.2, 0) is 4.79 Å². The molecule has 0 radical (unpaired) electrons. The van der Waals surface area contributed by atoms with E-state index in [9.17, 15) is 19.3 Å². The Morgan fingerprint density at radius 1 is 1.23 bits per heavy atom. The van der Waals surface area contributed by atoms with Crippen LogP contribution in [0.2, 0.25) is 5.02 Å². The molecule has 0 aliphatic rings. The molecule has 0 spiro atoms. The van der Waals surface area contributed by atoms with Gasteiger partial charge in [-0.3, -0.25) is 25.8 Å². The maximum absolute atomic E-state index is 13.8. The molecular formula is C19H15ClFN5O5. The summed E-state index contributed by atoms with van der Waals surface area (Å²) in [4.78, 5) is 30.1. The summed E-state index contributed by atoms with van der Waals surface area (Å²) in [5.74, 6) is -1.02. The summed E-state index contributed by atoms with van der Waals surface area (Å²) in [6.45, 7) is 1.49. The zero-order valence-electron chi connectivity index (χ0n) is 15.9. The molecule has 2 heterocycles. The Morgan fingerprint density at radius 3 is 2.61 bits per heavy atom. The van der Waals surface area contributed by atoms with E-state index >= 15 is 0 Å². The van der Waals surface area contributed by atoms with Crippen molar-refractivity contribution in [2.75, 3.05) is 5.43 Å². The van der Waals surface area contributed by atoms with Crippen molar-refractivity contribution >= 4 is 29.0 Å². The number of benzene rings is 1. The van der Waals surface area contributed by atoms with Crippen LogP contribution < -0.4 is 20.3 Å². The molecule has 160 valence electrons. The van der Waals surface area contributed by atoms with Crippen LogP contribution in [0, 0.1) is 15.9 Å². The summed E-state index contributed by atoms with van der Waals surface area (Å²) in [5, 5.41) is 11.1. The fourth-order valence-corrected chi connectivity index (χ4v) is 2.44. The van der Waals surface area contributed by atoms with Crippen molar-refractivity contribution in [1.29, 1.82) is 0 Å². The number of aromatic nitrogens is 2. The van der Waals surface area contributed by atoms with Gasteiger partial charge in [0.1, 0.15) is 11.5 Å². The molecule has 12 heteroatoms. The number of rotatable bonds is 8. The number of halogens is 2. The van der Waals surface area contributed by atoms with Gasteiger partial charge >= 0.3 is 5.69 Å². The second kappa shape index (κ2) is 9.67. The van der Waals surface area contributed by atoms with Gasteiger partial charge < -0.3 is 9.47 Å². The van der Waals surface area contributed by atoms with E-state index in [2.05, 4.69) is 20.8 Å². The van der Waals surface area contributed by atoms with Crippen LogP contribution >= 0.6 is 11.6 Å². The van der Waals surface area contributed by atoms with Crippen LogP contribution in [0.25, 0.3) is 0 Å². The van der Waals surface area contributed by atoms with Crippen molar-refractivity contribution in [3.8, 4) is 17.4 Å².